The number of carbonyl (C=O) groups excluding carboxylic acids is 1. The zero-order valence-electron chi connectivity index (χ0n) is 14.5. The van der Waals surface area contributed by atoms with Crippen molar-refractivity contribution in [2.45, 2.75) is 31.7 Å². The molecule has 0 bridgehead atoms. The van der Waals surface area contributed by atoms with Crippen molar-refractivity contribution in [2.75, 3.05) is 39.4 Å². The molecule has 0 N–H and O–H groups in total. The van der Waals surface area contributed by atoms with Crippen molar-refractivity contribution in [3.63, 3.8) is 0 Å². The number of amides is 1. The number of alkyl halides is 3. The minimum atomic E-state index is -4.34. The SMILES string of the molecule is O=C(COc1ccc(CN2CCO[C@H](C(F)(F)F)C2)cc1)N1CCCC1. The number of likely N-dealkylation sites (tertiary alicyclic amines) is 1. The Bertz CT molecular complexity index is 601. The van der Waals surface area contributed by atoms with Gasteiger partial charge in [0.2, 0.25) is 0 Å². The summed E-state index contributed by atoms with van der Waals surface area (Å²) in [6.07, 6.45) is -3.98. The van der Waals surface area contributed by atoms with Gasteiger partial charge in [0.05, 0.1) is 6.61 Å². The molecule has 5 nitrogen and oxygen atoms in total. The van der Waals surface area contributed by atoms with E-state index in [-0.39, 0.29) is 25.7 Å². The molecule has 2 aliphatic heterocycles. The monoisotopic (exact) mass is 372 g/mol. The average molecular weight is 372 g/mol. The van der Waals surface area contributed by atoms with Gasteiger partial charge in [0.15, 0.2) is 12.7 Å². The van der Waals surface area contributed by atoms with E-state index in [1.165, 1.54) is 0 Å². The van der Waals surface area contributed by atoms with E-state index in [0.717, 1.165) is 31.5 Å². The number of morpholine rings is 1. The van der Waals surface area contributed by atoms with Crippen LogP contribution < -0.4 is 4.74 Å². The van der Waals surface area contributed by atoms with Crippen LogP contribution >= 0.6 is 0 Å². The summed E-state index contributed by atoms with van der Waals surface area (Å²) in [5.41, 5.74) is 0.894. The first kappa shape index (κ1) is 19.0. The number of ether oxygens (including phenoxy) is 2. The summed E-state index contributed by atoms with van der Waals surface area (Å²) in [6.45, 7) is 2.39. The second-order valence-electron chi connectivity index (χ2n) is 6.66. The van der Waals surface area contributed by atoms with E-state index in [0.29, 0.717) is 18.8 Å². The molecule has 0 aliphatic carbocycles. The average Bonchev–Trinajstić information content (AvgIpc) is 3.15. The van der Waals surface area contributed by atoms with Crippen LogP contribution in [0, 0.1) is 0 Å². The van der Waals surface area contributed by atoms with Crippen LogP contribution in [-0.2, 0) is 16.1 Å². The van der Waals surface area contributed by atoms with Crippen LogP contribution in [-0.4, -0.2) is 67.4 Å². The highest BCUT2D eigenvalue weighted by Gasteiger charge is 2.43. The molecule has 26 heavy (non-hydrogen) atoms. The summed E-state index contributed by atoms with van der Waals surface area (Å²) in [5, 5.41) is 0. The van der Waals surface area contributed by atoms with Crippen LogP contribution in [0.5, 0.6) is 5.75 Å². The molecule has 0 unspecified atom stereocenters. The van der Waals surface area contributed by atoms with Crippen molar-refractivity contribution in [1.82, 2.24) is 9.80 Å². The summed E-state index contributed by atoms with van der Waals surface area (Å²) < 4.78 is 48.6. The van der Waals surface area contributed by atoms with Gasteiger partial charge in [-0.1, -0.05) is 12.1 Å². The Morgan fingerprint density at radius 3 is 2.50 bits per heavy atom. The first-order valence-electron chi connectivity index (χ1n) is 8.82. The van der Waals surface area contributed by atoms with Crippen LogP contribution in [0.4, 0.5) is 13.2 Å². The highest BCUT2D eigenvalue weighted by molar-refractivity contribution is 5.78. The molecule has 3 rings (SSSR count). The van der Waals surface area contributed by atoms with E-state index in [1.807, 2.05) is 12.1 Å². The molecule has 1 amide bonds. The lowest BCUT2D eigenvalue weighted by atomic mass is 10.2. The van der Waals surface area contributed by atoms with Crippen LogP contribution in [0.2, 0.25) is 0 Å². The van der Waals surface area contributed by atoms with Crippen LogP contribution in [0.15, 0.2) is 24.3 Å². The van der Waals surface area contributed by atoms with E-state index in [1.54, 1.807) is 21.9 Å². The Balaban J connectivity index is 1.47. The minimum absolute atomic E-state index is 0.00999. The molecule has 0 radical (unpaired) electrons. The standard InChI is InChI=1S/C18H23F3N2O3/c19-18(20,21)16-12-22(9-10-25-16)11-14-3-5-15(6-4-14)26-13-17(24)23-7-1-2-8-23/h3-6,16H,1-2,7-13H2/t16-/m0/s1. The largest absolute Gasteiger partial charge is 0.484 e. The van der Waals surface area contributed by atoms with Gasteiger partial charge in [-0.3, -0.25) is 9.69 Å². The summed E-state index contributed by atoms with van der Waals surface area (Å²) in [5.74, 6) is 0.564. The minimum Gasteiger partial charge on any atom is -0.484 e. The van der Waals surface area contributed by atoms with E-state index in [9.17, 15) is 18.0 Å². The second kappa shape index (κ2) is 8.26. The number of benzene rings is 1. The molecule has 1 aromatic rings. The lowest BCUT2D eigenvalue weighted by Gasteiger charge is -2.33. The number of carbonyl (C=O) groups is 1. The number of halogens is 3. The summed E-state index contributed by atoms with van der Waals surface area (Å²) in [4.78, 5) is 15.5. The van der Waals surface area contributed by atoms with Gasteiger partial charge in [-0.25, -0.2) is 0 Å². The quantitative estimate of drug-likeness (QED) is 0.796. The Kier molecular flexibility index (Phi) is 6.03. The fraction of sp³-hybridized carbons (Fsp3) is 0.611. The van der Waals surface area contributed by atoms with E-state index >= 15 is 0 Å². The van der Waals surface area contributed by atoms with Crippen molar-refractivity contribution >= 4 is 5.91 Å². The third-order valence-electron chi connectivity index (χ3n) is 4.67. The molecular formula is C18H23F3N2O3. The predicted octanol–water partition coefficient (Wildman–Crippen LogP) is 2.45. The topological polar surface area (TPSA) is 42.0 Å². The van der Waals surface area contributed by atoms with Gasteiger partial charge < -0.3 is 14.4 Å². The molecule has 144 valence electrons. The van der Waals surface area contributed by atoms with Gasteiger partial charge in [0.25, 0.3) is 5.91 Å². The third kappa shape index (κ3) is 5.11. The Labute approximate surface area is 150 Å². The van der Waals surface area contributed by atoms with Gasteiger partial charge >= 0.3 is 6.18 Å². The molecular weight excluding hydrogens is 349 g/mol. The first-order valence-corrected chi connectivity index (χ1v) is 8.82. The molecule has 2 saturated heterocycles. The number of hydrogen-bond acceptors (Lipinski definition) is 4. The van der Waals surface area contributed by atoms with Gasteiger partial charge in [-0.2, -0.15) is 13.2 Å². The van der Waals surface area contributed by atoms with E-state index in [4.69, 9.17) is 9.47 Å². The fourth-order valence-corrected chi connectivity index (χ4v) is 3.20. The van der Waals surface area contributed by atoms with Crippen LogP contribution in [0.1, 0.15) is 18.4 Å². The predicted molar refractivity (Wildman–Crippen MR) is 88.8 cm³/mol. The lowest BCUT2D eigenvalue weighted by molar-refractivity contribution is -0.237. The lowest BCUT2D eigenvalue weighted by Crippen LogP contribution is -2.48. The molecule has 1 aromatic carbocycles. The number of hydrogen-bond donors (Lipinski definition) is 0. The van der Waals surface area contributed by atoms with Crippen molar-refractivity contribution < 1.29 is 27.4 Å². The maximum Gasteiger partial charge on any atom is 0.415 e. The summed E-state index contributed by atoms with van der Waals surface area (Å²) in [6, 6.07) is 7.12. The molecule has 2 aliphatic rings. The fourth-order valence-electron chi connectivity index (χ4n) is 3.20. The number of nitrogens with zero attached hydrogens (tertiary/aromatic N) is 2. The zero-order valence-corrected chi connectivity index (χ0v) is 14.5. The maximum atomic E-state index is 12.8. The van der Waals surface area contributed by atoms with Gasteiger partial charge in [0, 0.05) is 32.7 Å². The third-order valence-corrected chi connectivity index (χ3v) is 4.67. The van der Waals surface area contributed by atoms with E-state index < -0.39 is 12.3 Å². The van der Waals surface area contributed by atoms with Crippen molar-refractivity contribution in [1.29, 1.82) is 0 Å². The highest BCUT2D eigenvalue weighted by Crippen LogP contribution is 2.26. The number of rotatable bonds is 5. The Morgan fingerprint density at radius 2 is 1.85 bits per heavy atom. The van der Waals surface area contributed by atoms with Gasteiger partial charge in [-0.05, 0) is 30.5 Å². The molecule has 1 atom stereocenters. The first-order chi connectivity index (χ1) is 12.4. The molecule has 8 heteroatoms. The summed E-state index contributed by atoms with van der Waals surface area (Å²) >= 11 is 0. The molecule has 2 heterocycles. The molecule has 0 spiro atoms. The molecule has 2 fully saturated rings. The molecule has 0 aromatic heterocycles. The van der Waals surface area contributed by atoms with Crippen molar-refractivity contribution in [3.8, 4) is 5.75 Å². The summed E-state index contributed by atoms with van der Waals surface area (Å²) in [7, 11) is 0. The highest BCUT2D eigenvalue weighted by atomic mass is 19.4. The zero-order chi connectivity index (χ0) is 18.6. The Morgan fingerprint density at radius 1 is 1.15 bits per heavy atom. The van der Waals surface area contributed by atoms with Gasteiger partial charge in [0.1, 0.15) is 5.75 Å². The van der Waals surface area contributed by atoms with E-state index in [2.05, 4.69) is 0 Å². The normalized spacial score (nSPS) is 21.8. The van der Waals surface area contributed by atoms with Crippen molar-refractivity contribution in [2.24, 2.45) is 0 Å². The Hall–Kier alpha value is -1.80. The van der Waals surface area contributed by atoms with Crippen molar-refractivity contribution in [3.05, 3.63) is 29.8 Å². The van der Waals surface area contributed by atoms with Gasteiger partial charge in [-0.15, -0.1) is 0 Å². The molecule has 0 saturated carbocycles. The smallest absolute Gasteiger partial charge is 0.415 e. The maximum absolute atomic E-state index is 12.8. The van der Waals surface area contributed by atoms with Crippen LogP contribution in [0.25, 0.3) is 0 Å². The second-order valence-corrected chi connectivity index (χ2v) is 6.66. The van der Waals surface area contributed by atoms with Crippen LogP contribution in [0.3, 0.4) is 0 Å².